The van der Waals surface area contributed by atoms with Crippen molar-refractivity contribution in [2.75, 3.05) is 0 Å². The van der Waals surface area contributed by atoms with Gasteiger partial charge in [-0.3, -0.25) is 9.59 Å². The Balaban J connectivity index is 1.88. The Hall–Kier alpha value is -1.83. The molecule has 0 saturated heterocycles. The first-order valence-corrected chi connectivity index (χ1v) is 12.8. The van der Waals surface area contributed by atoms with Gasteiger partial charge in [0.2, 0.25) is 5.91 Å². The van der Waals surface area contributed by atoms with Crippen molar-refractivity contribution < 1.29 is 19.8 Å². The number of ketones is 1. The lowest BCUT2D eigenvalue weighted by Crippen LogP contribution is -2.54. The van der Waals surface area contributed by atoms with E-state index in [0.29, 0.717) is 12.8 Å². The molecule has 0 spiro atoms. The highest BCUT2D eigenvalue weighted by molar-refractivity contribution is 7.09. The zero-order chi connectivity index (χ0) is 24.3. The van der Waals surface area contributed by atoms with Crippen molar-refractivity contribution in [1.82, 2.24) is 10.3 Å². The second-order valence-corrected chi connectivity index (χ2v) is 11.3. The van der Waals surface area contributed by atoms with Crippen molar-refractivity contribution in [1.29, 1.82) is 0 Å². The summed E-state index contributed by atoms with van der Waals surface area (Å²) in [5, 5.41) is 27.8. The predicted molar refractivity (Wildman–Crippen MR) is 132 cm³/mol. The van der Waals surface area contributed by atoms with Crippen molar-refractivity contribution in [3.63, 3.8) is 0 Å². The number of rotatable bonds is 2. The van der Waals surface area contributed by atoms with Gasteiger partial charge >= 0.3 is 0 Å². The van der Waals surface area contributed by atoms with Crippen molar-refractivity contribution in [2.45, 2.75) is 91.4 Å². The first kappa shape index (κ1) is 25.8. The summed E-state index contributed by atoms with van der Waals surface area (Å²) in [6, 6.07) is -0.214. The largest absolute Gasteiger partial charge is 0.392 e. The Labute approximate surface area is 201 Å². The second kappa shape index (κ2) is 10.6. The lowest BCUT2D eigenvalue weighted by atomic mass is 9.60. The molecule has 7 heteroatoms. The van der Waals surface area contributed by atoms with Crippen LogP contribution in [0.4, 0.5) is 0 Å². The number of nitrogens with one attached hydrogen (secondary N) is 1. The topological polar surface area (TPSA) is 99.5 Å². The molecule has 0 radical (unpaired) electrons. The number of aryl methyl sites for hydroxylation is 1. The molecule has 6 atom stereocenters. The number of aliphatic hydroxyl groups is 2. The first-order valence-electron chi connectivity index (χ1n) is 12.0. The summed E-state index contributed by atoms with van der Waals surface area (Å²) in [6.07, 6.45) is 5.95. The fourth-order valence-corrected chi connectivity index (χ4v) is 5.89. The van der Waals surface area contributed by atoms with E-state index in [1.54, 1.807) is 25.2 Å². The van der Waals surface area contributed by atoms with Crippen LogP contribution in [0.1, 0.15) is 76.9 Å². The van der Waals surface area contributed by atoms with Gasteiger partial charge in [-0.25, -0.2) is 4.98 Å². The molecule has 2 bridgehead atoms. The Kier molecular flexibility index (Phi) is 8.30. The van der Waals surface area contributed by atoms with Gasteiger partial charge in [0.15, 0.2) is 0 Å². The standard InChI is InChI=1S/C26H38N2O4S/c1-15-8-6-7-9-19-13-26(5,25(32)17(3)24(19)31)22(29)12-23(30)28-21(10-15)16(2)11-20-14-33-18(4)27-20/h8,11,14,17,19,21-22,24,29,31H,6-7,9-10,12-13H2,1-5H3,(H,28,30)/b15-8-,16-11+/t17-,19-,21+,22+,24-,26-/m1/s1. The van der Waals surface area contributed by atoms with Gasteiger partial charge in [0.1, 0.15) is 5.78 Å². The number of thiazole rings is 1. The van der Waals surface area contributed by atoms with E-state index in [9.17, 15) is 19.8 Å². The van der Waals surface area contributed by atoms with Gasteiger partial charge in [0.25, 0.3) is 0 Å². The van der Waals surface area contributed by atoms with Crippen LogP contribution in [0.2, 0.25) is 0 Å². The Morgan fingerprint density at radius 2 is 2.00 bits per heavy atom. The average Bonchev–Trinajstić information content (AvgIpc) is 3.16. The molecule has 0 unspecified atom stereocenters. The summed E-state index contributed by atoms with van der Waals surface area (Å²) in [6.45, 7) is 9.53. The van der Waals surface area contributed by atoms with Crippen molar-refractivity contribution in [2.24, 2.45) is 17.3 Å². The highest BCUT2D eigenvalue weighted by Crippen LogP contribution is 2.44. The normalized spacial score (nSPS) is 36.5. The van der Waals surface area contributed by atoms with Crippen LogP contribution in [0.25, 0.3) is 6.08 Å². The maximum absolute atomic E-state index is 13.1. The van der Waals surface area contributed by atoms with Crippen molar-refractivity contribution >= 4 is 29.1 Å². The zero-order valence-electron chi connectivity index (χ0n) is 20.4. The number of allylic oxidation sites excluding steroid dienone is 1. The van der Waals surface area contributed by atoms with E-state index in [-0.39, 0.29) is 30.1 Å². The number of hydrogen-bond donors (Lipinski definition) is 3. The SMILES string of the molecule is C/C1=C/CCC[C@@H]2C[C@@](C)(C(=O)[C@H](C)[C@H]2O)[C@@H](O)CC(=O)N[C@H](/C(C)=C/c2csc(C)n2)C1. The number of amides is 1. The Morgan fingerprint density at radius 1 is 1.27 bits per heavy atom. The molecule has 1 aliphatic carbocycles. The number of nitrogens with zero attached hydrogens (tertiary/aromatic N) is 1. The number of carbonyl (C=O) groups is 2. The van der Waals surface area contributed by atoms with E-state index in [1.807, 2.05) is 25.3 Å². The van der Waals surface area contributed by atoms with Gasteiger partial charge in [-0.2, -0.15) is 0 Å². The van der Waals surface area contributed by atoms with Gasteiger partial charge in [0.05, 0.1) is 40.8 Å². The van der Waals surface area contributed by atoms with Gasteiger partial charge < -0.3 is 15.5 Å². The second-order valence-electron chi connectivity index (χ2n) is 10.2. The molecule has 33 heavy (non-hydrogen) atoms. The number of fused-ring (bicyclic) bond motifs is 2. The van der Waals surface area contributed by atoms with Crippen molar-refractivity contribution in [3.05, 3.63) is 33.3 Å². The molecule has 1 aliphatic heterocycles. The number of carbonyl (C=O) groups excluding carboxylic acids is 2. The predicted octanol–water partition coefficient (Wildman–Crippen LogP) is 4.20. The maximum Gasteiger partial charge on any atom is 0.223 e. The molecule has 1 saturated carbocycles. The van der Waals surface area contributed by atoms with Crippen LogP contribution < -0.4 is 5.32 Å². The van der Waals surface area contributed by atoms with Gasteiger partial charge in [-0.1, -0.05) is 25.5 Å². The zero-order valence-corrected chi connectivity index (χ0v) is 21.2. The quantitative estimate of drug-likeness (QED) is 0.558. The van der Waals surface area contributed by atoms with Crippen LogP contribution in [0.3, 0.4) is 0 Å². The fourth-order valence-electron chi connectivity index (χ4n) is 5.32. The molecular formula is C26H38N2O4S. The number of Topliss-reactive ketones (excluding diaryl/α,β-unsaturated/α-hetero) is 1. The molecule has 6 nitrogen and oxygen atoms in total. The summed E-state index contributed by atoms with van der Waals surface area (Å²) in [4.78, 5) is 30.6. The van der Waals surface area contributed by atoms with Crippen LogP contribution in [-0.4, -0.2) is 45.1 Å². The van der Waals surface area contributed by atoms with Gasteiger partial charge in [-0.05, 0) is 70.4 Å². The molecule has 1 amide bonds. The third-order valence-electron chi connectivity index (χ3n) is 7.47. The van der Waals surface area contributed by atoms with E-state index < -0.39 is 23.5 Å². The summed E-state index contributed by atoms with van der Waals surface area (Å²) in [5.74, 6) is -1.03. The minimum atomic E-state index is -1.09. The van der Waals surface area contributed by atoms with Crippen molar-refractivity contribution in [3.8, 4) is 0 Å². The third kappa shape index (κ3) is 6.00. The summed E-state index contributed by atoms with van der Waals surface area (Å²) in [5.41, 5.74) is 2.04. The molecule has 1 fully saturated rings. The highest BCUT2D eigenvalue weighted by Gasteiger charge is 2.51. The molecule has 1 aromatic heterocycles. The fraction of sp³-hybridized carbons (Fsp3) is 0.654. The first-order chi connectivity index (χ1) is 15.5. The van der Waals surface area contributed by atoms with Crippen LogP contribution in [0.5, 0.6) is 0 Å². The molecular weight excluding hydrogens is 436 g/mol. The average molecular weight is 475 g/mol. The minimum Gasteiger partial charge on any atom is -0.392 e. The Morgan fingerprint density at radius 3 is 2.67 bits per heavy atom. The molecule has 182 valence electrons. The smallest absolute Gasteiger partial charge is 0.223 e. The highest BCUT2D eigenvalue weighted by atomic mass is 32.1. The molecule has 1 aromatic rings. The third-order valence-corrected chi connectivity index (χ3v) is 8.26. The molecule has 3 rings (SSSR count). The molecule has 2 aliphatic rings. The molecule has 2 heterocycles. The van der Waals surface area contributed by atoms with Crippen LogP contribution >= 0.6 is 11.3 Å². The van der Waals surface area contributed by atoms with E-state index in [1.165, 1.54) is 5.57 Å². The van der Waals surface area contributed by atoms with E-state index in [0.717, 1.165) is 35.5 Å². The number of aromatic nitrogens is 1. The molecule has 3 N–H and O–H groups in total. The lowest BCUT2D eigenvalue weighted by molar-refractivity contribution is -0.156. The number of aliphatic hydroxyl groups excluding tert-OH is 2. The van der Waals surface area contributed by atoms with Crippen LogP contribution in [0, 0.1) is 24.2 Å². The van der Waals surface area contributed by atoms with Crippen LogP contribution in [0.15, 0.2) is 22.6 Å². The van der Waals surface area contributed by atoms with E-state index in [4.69, 9.17) is 0 Å². The molecule has 0 aromatic carbocycles. The summed E-state index contributed by atoms with van der Waals surface area (Å²) in [7, 11) is 0. The number of hydrogen-bond acceptors (Lipinski definition) is 6. The summed E-state index contributed by atoms with van der Waals surface area (Å²) < 4.78 is 0. The minimum absolute atomic E-state index is 0.0587. The monoisotopic (exact) mass is 474 g/mol. The Bertz CT molecular complexity index is 936. The van der Waals surface area contributed by atoms with Crippen LogP contribution in [-0.2, 0) is 9.59 Å². The summed E-state index contributed by atoms with van der Waals surface area (Å²) >= 11 is 1.59. The van der Waals surface area contributed by atoms with Gasteiger partial charge in [0, 0.05) is 11.3 Å². The lowest BCUT2D eigenvalue weighted by Gasteiger charge is -2.45. The van der Waals surface area contributed by atoms with E-state index in [2.05, 4.69) is 23.3 Å². The van der Waals surface area contributed by atoms with Gasteiger partial charge in [-0.15, -0.1) is 11.3 Å². The maximum atomic E-state index is 13.1. The van der Waals surface area contributed by atoms with E-state index >= 15 is 0 Å².